The second kappa shape index (κ2) is 11.9. The summed E-state index contributed by atoms with van der Waals surface area (Å²) in [5.41, 5.74) is 13.4. The Hall–Kier alpha value is -6.84. The Labute approximate surface area is 295 Å². The first kappa shape index (κ1) is 29.1. The number of furan rings is 2. The van der Waals surface area contributed by atoms with Gasteiger partial charge in [0.2, 0.25) is 0 Å². The first-order valence-electron chi connectivity index (χ1n) is 17.3. The zero-order valence-corrected chi connectivity index (χ0v) is 27.7. The van der Waals surface area contributed by atoms with Gasteiger partial charge in [0.15, 0.2) is 5.58 Å². The highest BCUT2D eigenvalue weighted by Crippen LogP contribution is 2.48. The van der Waals surface area contributed by atoms with E-state index < -0.39 is 0 Å². The molecule has 0 atom stereocenters. The maximum Gasteiger partial charge on any atom is 0.160 e. The summed E-state index contributed by atoms with van der Waals surface area (Å²) in [6.07, 6.45) is 0. The molecular formula is C48H31NO2. The Balaban J connectivity index is 1.23. The fourth-order valence-electron chi connectivity index (χ4n) is 7.52. The van der Waals surface area contributed by atoms with Crippen molar-refractivity contribution in [3.8, 4) is 33.4 Å². The number of anilines is 3. The SMILES string of the molecule is c1ccc(-c2cccc(N(c3ccc(-c4cccc5oc6ccccc6c45)cc3)c3c(-c4ccccc4)ccc4c3oc3ccccc34)c2)cc1. The molecule has 2 heterocycles. The van der Waals surface area contributed by atoms with E-state index in [1.165, 1.54) is 5.56 Å². The lowest BCUT2D eigenvalue weighted by Crippen LogP contribution is -2.12. The van der Waals surface area contributed by atoms with Crippen LogP contribution in [0.25, 0.3) is 77.3 Å². The largest absolute Gasteiger partial charge is 0.456 e. The maximum atomic E-state index is 6.81. The molecule has 0 aliphatic carbocycles. The summed E-state index contributed by atoms with van der Waals surface area (Å²) in [6, 6.07) is 66.1. The molecule has 10 rings (SSSR count). The van der Waals surface area contributed by atoms with Crippen LogP contribution in [0.1, 0.15) is 0 Å². The first-order chi connectivity index (χ1) is 25.3. The van der Waals surface area contributed by atoms with Gasteiger partial charge in [0, 0.05) is 38.5 Å². The molecule has 0 spiro atoms. The maximum absolute atomic E-state index is 6.81. The number of benzene rings is 8. The summed E-state index contributed by atoms with van der Waals surface area (Å²) in [6.45, 7) is 0. The minimum Gasteiger partial charge on any atom is -0.456 e. The van der Waals surface area contributed by atoms with Crippen LogP contribution in [0.2, 0.25) is 0 Å². The van der Waals surface area contributed by atoms with E-state index in [2.05, 4.69) is 169 Å². The predicted octanol–water partition coefficient (Wildman–Crippen LogP) is 14.0. The minimum absolute atomic E-state index is 0.848. The van der Waals surface area contributed by atoms with E-state index in [0.29, 0.717) is 0 Å². The Morgan fingerprint density at radius 3 is 1.73 bits per heavy atom. The summed E-state index contributed by atoms with van der Waals surface area (Å²) in [5.74, 6) is 0. The van der Waals surface area contributed by atoms with Gasteiger partial charge < -0.3 is 13.7 Å². The third-order valence-corrected chi connectivity index (χ3v) is 9.88. The van der Waals surface area contributed by atoms with Crippen LogP contribution >= 0.6 is 0 Å². The van der Waals surface area contributed by atoms with Gasteiger partial charge in [0.05, 0.1) is 5.69 Å². The molecule has 0 N–H and O–H groups in total. The van der Waals surface area contributed by atoms with Crippen LogP contribution in [-0.2, 0) is 0 Å². The summed E-state index contributed by atoms with van der Waals surface area (Å²) in [5, 5.41) is 4.43. The molecule has 0 aliphatic rings. The van der Waals surface area contributed by atoms with Gasteiger partial charge in [0.25, 0.3) is 0 Å². The van der Waals surface area contributed by atoms with Crippen LogP contribution in [0.3, 0.4) is 0 Å². The molecule has 10 aromatic rings. The van der Waals surface area contributed by atoms with Crippen molar-refractivity contribution >= 4 is 60.9 Å². The standard InChI is InChI=1S/C48H31NO2/c1-3-13-32(14-4-1)35-17-11-18-37(31-35)49(36-27-25-34(26-28-36)38-21-12-24-45-46(38)42-20-8-10-23-44(42)50-45)47-39(33-15-5-2-6-16-33)29-30-41-40-19-7-9-22-43(40)51-48(41)47/h1-31H. The molecule has 0 radical (unpaired) electrons. The zero-order valence-electron chi connectivity index (χ0n) is 27.7. The first-order valence-corrected chi connectivity index (χ1v) is 17.3. The van der Waals surface area contributed by atoms with E-state index in [9.17, 15) is 0 Å². The van der Waals surface area contributed by atoms with E-state index in [0.717, 1.165) is 88.8 Å². The van der Waals surface area contributed by atoms with Crippen molar-refractivity contribution in [1.82, 2.24) is 0 Å². The second-order valence-electron chi connectivity index (χ2n) is 12.9. The predicted molar refractivity (Wildman–Crippen MR) is 212 cm³/mol. The van der Waals surface area contributed by atoms with Gasteiger partial charge in [-0.3, -0.25) is 0 Å². The third kappa shape index (κ3) is 4.90. The fraction of sp³-hybridized carbons (Fsp3) is 0. The number of nitrogens with zero attached hydrogens (tertiary/aromatic N) is 1. The van der Waals surface area contributed by atoms with Crippen LogP contribution < -0.4 is 4.90 Å². The molecule has 3 heteroatoms. The monoisotopic (exact) mass is 653 g/mol. The van der Waals surface area contributed by atoms with Gasteiger partial charge in [-0.15, -0.1) is 0 Å². The lowest BCUT2D eigenvalue weighted by Gasteiger charge is -2.28. The van der Waals surface area contributed by atoms with E-state index in [1.807, 2.05) is 24.3 Å². The normalized spacial score (nSPS) is 11.5. The van der Waals surface area contributed by atoms with Gasteiger partial charge in [-0.25, -0.2) is 0 Å². The number of hydrogen-bond donors (Lipinski definition) is 0. The highest BCUT2D eigenvalue weighted by molar-refractivity contribution is 6.14. The molecule has 2 aromatic heterocycles. The van der Waals surface area contributed by atoms with E-state index in [-0.39, 0.29) is 0 Å². The Morgan fingerprint density at radius 2 is 0.941 bits per heavy atom. The lowest BCUT2D eigenvalue weighted by molar-refractivity contribution is 0.668. The van der Waals surface area contributed by atoms with Crippen LogP contribution in [-0.4, -0.2) is 0 Å². The van der Waals surface area contributed by atoms with Crippen LogP contribution in [0.15, 0.2) is 197 Å². The average Bonchev–Trinajstić information content (AvgIpc) is 3.78. The number of fused-ring (bicyclic) bond motifs is 6. The fourth-order valence-corrected chi connectivity index (χ4v) is 7.52. The molecule has 240 valence electrons. The molecule has 0 fully saturated rings. The van der Waals surface area contributed by atoms with Gasteiger partial charge in [0.1, 0.15) is 16.7 Å². The highest BCUT2D eigenvalue weighted by atomic mass is 16.3. The molecule has 3 nitrogen and oxygen atoms in total. The van der Waals surface area contributed by atoms with E-state index >= 15 is 0 Å². The Morgan fingerprint density at radius 1 is 0.333 bits per heavy atom. The van der Waals surface area contributed by atoms with Crippen molar-refractivity contribution in [2.24, 2.45) is 0 Å². The molecule has 0 amide bonds. The van der Waals surface area contributed by atoms with Crippen molar-refractivity contribution in [2.75, 3.05) is 4.90 Å². The van der Waals surface area contributed by atoms with Gasteiger partial charge >= 0.3 is 0 Å². The van der Waals surface area contributed by atoms with Crippen molar-refractivity contribution in [3.63, 3.8) is 0 Å². The quantitative estimate of drug-likeness (QED) is 0.179. The smallest absolute Gasteiger partial charge is 0.160 e. The summed E-state index contributed by atoms with van der Waals surface area (Å²) >= 11 is 0. The van der Waals surface area contributed by atoms with Gasteiger partial charge in [-0.2, -0.15) is 0 Å². The zero-order chi connectivity index (χ0) is 33.7. The second-order valence-corrected chi connectivity index (χ2v) is 12.9. The van der Waals surface area contributed by atoms with Crippen LogP contribution in [0.4, 0.5) is 17.1 Å². The average molecular weight is 654 g/mol. The molecule has 0 aliphatic heterocycles. The molecule has 0 saturated heterocycles. The van der Waals surface area contributed by atoms with E-state index in [1.54, 1.807) is 0 Å². The summed E-state index contributed by atoms with van der Waals surface area (Å²) in [4.78, 5) is 2.36. The van der Waals surface area contributed by atoms with Gasteiger partial charge in [-0.1, -0.05) is 140 Å². The van der Waals surface area contributed by atoms with E-state index in [4.69, 9.17) is 8.83 Å². The number of hydrogen-bond acceptors (Lipinski definition) is 3. The highest BCUT2D eigenvalue weighted by Gasteiger charge is 2.24. The topological polar surface area (TPSA) is 29.5 Å². The third-order valence-electron chi connectivity index (χ3n) is 9.88. The van der Waals surface area contributed by atoms with Gasteiger partial charge in [-0.05, 0) is 76.3 Å². The molecule has 0 bridgehead atoms. The molecule has 51 heavy (non-hydrogen) atoms. The molecule has 0 saturated carbocycles. The molecule has 8 aromatic carbocycles. The molecule has 0 unspecified atom stereocenters. The summed E-state index contributed by atoms with van der Waals surface area (Å²) < 4.78 is 13.0. The lowest BCUT2D eigenvalue weighted by atomic mass is 9.97. The number of para-hydroxylation sites is 2. The van der Waals surface area contributed by atoms with Crippen molar-refractivity contribution in [2.45, 2.75) is 0 Å². The minimum atomic E-state index is 0.848. The number of rotatable bonds is 6. The van der Waals surface area contributed by atoms with Crippen molar-refractivity contribution < 1.29 is 8.83 Å². The Kier molecular flexibility index (Phi) is 6.81. The molecular weight excluding hydrogens is 623 g/mol. The van der Waals surface area contributed by atoms with Crippen molar-refractivity contribution in [1.29, 1.82) is 0 Å². The van der Waals surface area contributed by atoms with Crippen LogP contribution in [0.5, 0.6) is 0 Å². The van der Waals surface area contributed by atoms with Crippen molar-refractivity contribution in [3.05, 3.63) is 188 Å². The summed E-state index contributed by atoms with van der Waals surface area (Å²) in [7, 11) is 0. The Bertz CT molecular complexity index is 2850. The van der Waals surface area contributed by atoms with Crippen LogP contribution in [0, 0.1) is 0 Å².